The zero-order valence-corrected chi connectivity index (χ0v) is 4.10. The van der Waals surface area contributed by atoms with Gasteiger partial charge in [0.15, 0.2) is 0 Å². The maximum absolute atomic E-state index is 8.27. The quantitative estimate of drug-likeness (QED) is 0.462. The Balaban J connectivity index is 2.63. The van der Waals surface area contributed by atoms with Crippen LogP contribution in [0.2, 0.25) is 0 Å². The fourth-order valence-electron chi connectivity index (χ4n) is 0.229. The summed E-state index contributed by atoms with van der Waals surface area (Å²) >= 11 is 0. The van der Waals surface area contributed by atoms with Crippen LogP contribution in [0.15, 0.2) is 0 Å². The number of hydrazine groups is 1. The molecule has 0 spiro atoms. The van der Waals surface area contributed by atoms with E-state index < -0.39 is 0 Å². The molecule has 0 unspecified atom stereocenters. The Morgan fingerprint density at radius 1 is 1.83 bits per heavy atom. The zero-order chi connectivity index (χ0) is 4.99. The number of hydrogen-bond acceptors (Lipinski definition) is 3. The molecule has 0 saturated carbocycles. The van der Waals surface area contributed by atoms with Crippen molar-refractivity contribution in [2.75, 3.05) is 13.6 Å². The van der Waals surface area contributed by atoms with Crippen LogP contribution in [0.3, 0.4) is 0 Å². The first-order valence-electron chi connectivity index (χ1n) is 1.93. The highest BCUT2D eigenvalue weighted by atomic mass is 16.5. The second-order valence-electron chi connectivity index (χ2n) is 1.04. The van der Waals surface area contributed by atoms with Crippen molar-refractivity contribution in [1.29, 1.82) is 0 Å². The van der Waals surface area contributed by atoms with Gasteiger partial charge in [0.05, 0.1) is 0 Å². The Kier molecular flexibility index (Phi) is 3.02. The average molecular weight is 90.1 g/mol. The highest BCUT2D eigenvalue weighted by Gasteiger charge is 1.77. The van der Waals surface area contributed by atoms with Gasteiger partial charge in [-0.25, -0.2) is 5.43 Å². The molecule has 0 fully saturated rings. The molecule has 0 radical (unpaired) electrons. The predicted molar refractivity (Wildman–Crippen MR) is 23.2 cm³/mol. The van der Waals surface area contributed by atoms with Gasteiger partial charge in [0.2, 0.25) is 0 Å². The van der Waals surface area contributed by atoms with E-state index in [9.17, 15) is 0 Å². The van der Waals surface area contributed by atoms with Crippen LogP contribution >= 0.6 is 0 Å². The summed E-state index contributed by atoms with van der Waals surface area (Å²) in [5.74, 6) is 0. The Morgan fingerprint density at radius 3 is 2.33 bits per heavy atom. The number of hydroxylamine groups is 1. The lowest BCUT2D eigenvalue weighted by Crippen LogP contribution is -2.30. The van der Waals surface area contributed by atoms with E-state index in [1.54, 1.807) is 0 Å². The summed E-state index contributed by atoms with van der Waals surface area (Å²) in [4.78, 5) is 0. The van der Waals surface area contributed by atoms with Crippen molar-refractivity contribution in [3.63, 3.8) is 0 Å². The normalized spacial score (nSPS) is 10.0. The Bertz CT molecular complexity index is 30.0. The highest BCUT2D eigenvalue weighted by molar-refractivity contribution is 4.17. The van der Waals surface area contributed by atoms with E-state index in [1.165, 1.54) is 7.05 Å². The standard InChI is InChI=1S/C3H10N2O/c1-3-4-5(2)6/h4,6H,3H2,1-2H3. The molecule has 0 aromatic carbocycles. The van der Waals surface area contributed by atoms with Crippen molar-refractivity contribution < 1.29 is 5.21 Å². The van der Waals surface area contributed by atoms with Crippen molar-refractivity contribution in [1.82, 2.24) is 10.6 Å². The van der Waals surface area contributed by atoms with Gasteiger partial charge >= 0.3 is 0 Å². The first kappa shape index (κ1) is 5.88. The molecule has 3 heteroatoms. The van der Waals surface area contributed by atoms with E-state index in [4.69, 9.17) is 5.21 Å². The lowest BCUT2D eigenvalue weighted by Gasteiger charge is -2.04. The average Bonchev–Trinajstić information content (AvgIpc) is 1.35. The van der Waals surface area contributed by atoms with Crippen molar-refractivity contribution in [3.8, 4) is 0 Å². The summed E-state index contributed by atoms with van der Waals surface area (Å²) in [6, 6.07) is 0. The maximum Gasteiger partial charge on any atom is 0.0285 e. The molecule has 0 bridgehead atoms. The van der Waals surface area contributed by atoms with Crippen LogP contribution < -0.4 is 5.43 Å². The first-order valence-corrected chi connectivity index (χ1v) is 1.93. The molecule has 0 aromatic heterocycles. The van der Waals surface area contributed by atoms with Crippen molar-refractivity contribution in [2.45, 2.75) is 6.92 Å². The van der Waals surface area contributed by atoms with Crippen molar-refractivity contribution in [2.24, 2.45) is 0 Å². The molecule has 2 N–H and O–H groups in total. The van der Waals surface area contributed by atoms with Gasteiger partial charge in [0.1, 0.15) is 0 Å². The van der Waals surface area contributed by atoms with Crippen LogP contribution in [0.25, 0.3) is 0 Å². The molecule has 0 rings (SSSR count). The first-order chi connectivity index (χ1) is 2.77. The molecule has 0 aliphatic heterocycles. The van der Waals surface area contributed by atoms with Crippen LogP contribution in [0.1, 0.15) is 6.92 Å². The summed E-state index contributed by atoms with van der Waals surface area (Å²) in [6.07, 6.45) is 0. The third-order valence-corrected chi connectivity index (χ3v) is 0.387. The molecule has 0 heterocycles. The van der Waals surface area contributed by atoms with Gasteiger partial charge < -0.3 is 0 Å². The summed E-state index contributed by atoms with van der Waals surface area (Å²) in [6.45, 7) is 2.67. The van der Waals surface area contributed by atoms with Crippen LogP contribution in [-0.4, -0.2) is 24.0 Å². The Labute approximate surface area is 37.5 Å². The van der Waals surface area contributed by atoms with Crippen LogP contribution in [-0.2, 0) is 0 Å². The van der Waals surface area contributed by atoms with Gasteiger partial charge in [0, 0.05) is 13.6 Å². The van der Waals surface area contributed by atoms with E-state index in [-0.39, 0.29) is 0 Å². The summed E-state index contributed by atoms with van der Waals surface area (Å²) < 4.78 is 0. The number of rotatable bonds is 2. The highest BCUT2D eigenvalue weighted by Crippen LogP contribution is 1.56. The topological polar surface area (TPSA) is 35.5 Å². The van der Waals surface area contributed by atoms with E-state index in [2.05, 4.69) is 5.43 Å². The van der Waals surface area contributed by atoms with Crippen molar-refractivity contribution in [3.05, 3.63) is 0 Å². The fourth-order valence-corrected chi connectivity index (χ4v) is 0.229. The van der Waals surface area contributed by atoms with E-state index in [0.29, 0.717) is 0 Å². The van der Waals surface area contributed by atoms with Gasteiger partial charge in [-0.1, -0.05) is 6.92 Å². The third-order valence-electron chi connectivity index (χ3n) is 0.387. The lowest BCUT2D eigenvalue weighted by atomic mass is 10.8. The van der Waals surface area contributed by atoms with Gasteiger partial charge in [-0.05, 0) is 0 Å². The smallest absolute Gasteiger partial charge is 0.0285 e. The van der Waals surface area contributed by atoms with Crippen LogP contribution in [0, 0.1) is 0 Å². The summed E-state index contributed by atoms with van der Waals surface area (Å²) in [5.41, 5.74) is 2.60. The Hall–Kier alpha value is -0.120. The van der Waals surface area contributed by atoms with Crippen LogP contribution in [0.5, 0.6) is 0 Å². The molecular formula is C3H10N2O. The molecule has 0 aliphatic rings. The molecular weight excluding hydrogens is 80.0 g/mol. The largest absolute Gasteiger partial charge is 0.299 e. The van der Waals surface area contributed by atoms with Crippen LogP contribution in [0.4, 0.5) is 0 Å². The summed E-state index contributed by atoms with van der Waals surface area (Å²) in [7, 11) is 1.53. The van der Waals surface area contributed by atoms with Crippen molar-refractivity contribution >= 4 is 0 Å². The number of nitrogens with one attached hydrogen (secondary N) is 1. The molecule has 6 heavy (non-hydrogen) atoms. The minimum Gasteiger partial charge on any atom is -0.299 e. The summed E-state index contributed by atoms with van der Waals surface area (Å²) in [5, 5.41) is 9.21. The zero-order valence-electron chi connectivity index (χ0n) is 4.10. The molecule has 38 valence electrons. The molecule has 0 atom stereocenters. The molecule has 0 amide bonds. The van der Waals surface area contributed by atoms with Gasteiger partial charge in [-0.2, -0.15) is 0 Å². The van der Waals surface area contributed by atoms with Gasteiger partial charge in [-0.3, -0.25) is 5.21 Å². The fraction of sp³-hybridized carbons (Fsp3) is 1.00. The third kappa shape index (κ3) is 3.88. The maximum atomic E-state index is 8.27. The Morgan fingerprint density at radius 2 is 2.33 bits per heavy atom. The number of nitrogens with zero attached hydrogens (tertiary/aromatic N) is 1. The van der Waals surface area contributed by atoms with E-state index in [1.807, 2.05) is 6.92 Å². The molecule has 0 aliphatic carbocycles. The number of hydrogen-bond donors (Lipinski definition) is 2. The lowest BCUT2D eigenvalue weighted by molar-refractivity contribution is -0.110. The SMILES string of the molecule is CCNN(C)O. The second kappa shape index (κ2) is 3.08. The molecule has 0 aromatic rings. The monoisotopic (exact) mass is 90.1 g/mol. The van der Waals surface area contributed by atoms with Gasteiger partial charge in [0.25, 0.3) is 0 Å². The molecule has 0 saturated heterocycles. The minimum absolute atomic E-state index is 0.757. The molecule has 3 nitrogen and oxygen atoms in total. The van der Waals surface area contributed by atoms with Gasteiger partial charge in [-0.15, -0.1) is 5.17 Å². The van der Waals surface area contributed by atoms with E-state index in [0.717, 1.165) is 11.7 Å². The minimum atomic E-state index is 0.757. The second-order valence-corrected chi connectivity index (χ2v) is 1.04. The predicted octanol–water partition coefficient (Wildman–Crippen LogP) is -0.168. The van der Waals surface area contributed by atoms with E-state index >= 15 is 0 Å².